The van der Waals surface area contributed by atoms with Crippen molar-refractivity contribution in [2.24, 2.45) is 0 Å². The molecular weight excluding hydrogens is 392 g/mol. The molecule has 1 heterocycles. The largest absolute Gasteiger partial charge is 0.459 e. The van der Waals surface area contributed by atoms with Crippen molar-refractivity contribution in [3.05, 3.63) is 57.8 Å². The quantitative estimate of drug-likeness (QED) is 0.377. The molecule has 3 aromatic rings. The van der Waals surface area contributed by atoms with Crippen molar-refractivity contribution in [1.29, 1.82) is 0 Å². The maximum atomic E-state index is 11.7. The summed E-state index contributed by atoms with van der Waals surface area (Å²) in [5.74, 6) is 1.02. The number of halogens is 1. The van der Waals surface area contributed by atoms with Crippen molar-refractivity contribution in [2.45, 2.75) is 47.0 Å². The van der Waals surface area contributed by atoms with E-state index >= 15 is 0 Å². The lowest BCUT2D eigenvalue weighted by molar-refractivity contribution is -0.132. The van der Waals surface area contributed by atoms with Crippen LogP contribution in [0.15, 0.2) is 34.7 Å². The zero-order valence-corrected chi connectivity index (χ0v) is 17.7. The SMILES string of the molecule is CCCc1cc(Cl)c2oc(Cc3ccc(OC(C)=O)cc3)c(C)c2c1OC(C)=O. The third-order valence-electron chi connectivity index (χ3n) is 4.60. The van der Waals surface area contributed by atoms with Crippen LogP contribution in [0.3, 0.4) is 0 Å². The molecule has 0 aliphatic rings. The topological polar surface area (TPSA) is 65.7 Å². The van der Waals surface area contributed by atoms with Gasteiger partial charge in [-0.1, -0.05) is 37.1 Å². The number of benzene rings is 2. The van der Waals surface area contributed by atoms with Gasteiger partial charge in [-0.05, 0) is 42.7 Å². The molecule has 1 aromatic heterocycles. The molecule has 0 spiro atoms. The van der Waals surface area contributed by atoms with Crippen molar-refractivity contribution in [1.82, 2.24) is 0 Å². The summed E-state index contributed by atoms with van der Waals surface area (Å²) in [6.45, 7) is 6.75. The van der Waals surface area contributed by atoms with Gasteiger partial charge in [-0.2, -0.15) is 0 Å². The zero-order chi connectivity index (χ0) is 21.1. The molecular formula is C23H23ClO5. The number of hydrogen-bond donors (Lipinski definition) is 0. The molecule has 0 aliphatic carbocycles. The van der Waals surface area contributed by atoms with Crippen LogP contribution in [0.1, 0.15) is 49.6 Å². The highest BCUT2D eigenvalue weighted by Crippen LogP contribution is 2.41. The maximum Gasteiger partial charge on any atom is 0.308 e. The molecule has 0 bridgehead atoms. The number of carbonyl (C=O) groups is 2. The molecule has 0 aliphatic heterocycles. The van der Waals surface area contributed by atoms with Gasteiger partial charge in [-0.15, -0.1) is 0 Å². The van der Waals surface area contributed by atoms with E-state index in [-0.39, 0.29) is 11.9 Å². The normalized spacial score (nSPS) is 10.9. The van der Waals surface area contributed by atoms with E-state index in [0.29, 0.717) is 28.5 Å². The van der Waals surface area contributed by atoms with Gasteiger partial charge in [0.05, 0.1) is 10.4 Å². The summed E-state index contributed by atoms with van der Waals surface area (Å²) >= 11 is 6.48. The highest BCUT2D eigenvalue weighted by Gasteiger charge is 2.22. The van der Waals surface area contributed by atoms with Crippen LogP contribution in [-0.2, 0) is 22.4 Å². The van der Waals surface area contributed by atoms with Crippen molar-refractivity contribution in [3.63, 3.8) is 0 Å². The molecule has 0 fully saturated rings. The fourth-order valence-electron chi connectivity index (χ4n) is 3.36. The van der Waals surface area contributed by atoms with Gasteiger partial charge in [0, 0.05) is 25.8 Å². The van der Waals surface area contributed by atoms with Crippen LogP contribution >= 0.6 is 11.6 Å². The van der Waals surface area contributed by atoms with E-state index in [1.54, 1.807) is 12.1 Å². The van der Waals surface area contributed by atoms with Gasteiger partial charge in [0.25, 0.3) is 0 Å². The van der Waals surface area contributed by atoms with Gasteiger partial charge >= 0.3 is 11.9 Å². The molecule has 0 saturated carbocycles. The predicted molar refractivity (Wildman–Crippen MR) is 112 cm³/mol. The number of hydrogen-bond acceptors (Lipinski definition) is 5. The van der Waals surface area contributed by atoms with Crippen LogP contribution in [0.4, 0.5) is 0 Å². The Morgan fingerprint density at radius 2 is 1.72 bits per heavy atom. The Balaban J connectivity index is 2.03. The fraction of sp³-hybridized carbons (Fsp3) is 0.304. The molecule has 2 aromatic carbocycles. The Morgan fingerprint density at radius 1 is 1.07 bits per heavy atom. The van der Waals surface area contributed by atoms with E-state index in [9.17, 15) is 9.59 Å². The smallest absolute Gasteiger partial charge is 0.308 e. The summed E-state index contributed by atoms with van der Waals surface area (Å²) in [6.07, 6.45) is 2.17. The van der Waals surface area contributed by atoms with E-state index in [1.807, 2.05) is 25.1 Å². The molecule has 5 nitrogen and oxygen atoms in total. The summed E-state index contributed by atoms with van der Waals surface area (Å²) in [6, 6.07) is 9.05. The van der Waals surface area contributed by atoms with E-state index in [1.165, 1.54) is 13.8 Å². The van der Waals surface area contributed by atoms with Gasteiger partial charge in [-0.25, -0.2) is 0 Å². The number of fused-ring (bicyclic) bond motifs is 1. The Labute approximate surface area is 174 Å². The minimum atomic E-state index is -0.380. The molecule has 29 heavy (non-hydrogen) atoms. The summed E-state index contributed by atoms with van der Waals surface area (Å²) in [5, 5.41) is 1.24. The number of esters is 2. The first-order valence-corrected chi connectivity index (χ1v) is 9.87. The van der Waals surface area contributed by atoms with Crippen molar-refractivity contribution >= 4 is 34.5 Å². The second-order valence-corrected chi connectivity index (χ2v) is 7.37. The molecule has 0 unspecified atom stereocenters. The van der Waals surface area contributed by atoms with Crippen molar-refractivity contribution in [3.8, 4) is 11.5 Å². The lowest BCUT2D eigenvalue weighted by Crippen LogP contribution is -2.05. The summed E-state index contributed by atoms with van der Waals surface area (Å²) < 4.78 is 16.7. The number of rotatable bonds is 6. The molecule has 0 atom stereocenters. The van der Waals surface area contributed by atoms with E-state index in [4.69, 9.17) is 25.5 Å². The van der Waals surface area contributed by atoms with E-state index < -0.39 is 0 Å². The third-order valence-corrected chi connectivity index (χ3v) is 4.88. The first kappa shape index (κ1) is 20.9. The highest BCUT2D eigenvalue weighted by molar-refractivity contribution is 6.35. The Hall–Kier alpha value is -2.79. The minimum absolute atomic E-state index is 0.360. The van der Waals surface area contributed by atoms with Crippen LogP contribution in [0, 0.1) is 6.92 Å². The Morgan fingerprint density at radius 3 is 2.31 bits per heavy atom. The van der Waals surface area contributed by atoms with Crippen LogP contribution in [0.5, 0.6) is 11.5 Å². The average molecular weight is 415 g/mol. The number of ether oxygens (including phenoxy) is 2. The van der Waals surface area contributed by atoms with Gasteiger partial charge in [0.15, 0.2) is 5.58 Å². The molecule has 152 valence electrons. The number of carbonyl (C=O) groups excluding carboxylic acids is 2. The second-order valence-electron chi connectivity index (χ2n) is 6.96. The van der Waals surface area contributed by atoms with Crippen LogP contribution < -0.4 is 9.47 Å². The monoisotopic (exact) mass is 414 g/mol. The van der Waals surface area contributed by atoms with Crippen LogP contribution in [0.25, 0.3) is 11.0 Å². The molecule has 0 radical (unpaired) electrons. The van der Waals surface area contributed by atoms with E-state index in [0.717, 1.165) is 40.7 Å². The standard InChI is InChI=1S/C23H23ClO5/c1-5-6-17-12-19(24)23-21(22(17)28-15(4)26)13(2)20(29-23)11-16-7-9-18(10-8-16)27-14(3)25/h7-10,12H,5-6,11H2,1-4H3. The number of furan rings is 1. The number of aryl methyl sites for hydroxylation is 2. The fourth-order valence-corrected chi connectivity index (χ4v) is 3.62. The summed E-state index contributed by atoms with van der Waals surface area (Å²) in [7, 11) is 0. The molecule has 0 N–H and O–H groups in total. The first-order chi connectivity index (χ1) is 13.8. The highest BCUT2D eigenvalue weighted by atomic mass is 35.5. The van der Waals surface area contributed by atoms with Crippen molar-refractivity contribution in [2.75, 3.05) is 0 Å². The molecule has 3 rings (SSSR count). The van der Waals surface area contributed by atoms with Gasteiger partial charge in [0.2, 0.25) is 0 Å². The molecule has 0 saturated heterocycles. The lowest BCUT2D eigenvalue weighted by Gasteiger charge is -2.11. The van der Waals surface area contributed by atoms with Crippen LogP contribution in [0.2, 0.25) is 5.02 Å². The maximum absolute atomic E-state index is 11.7. The summed E-state index contributed by atoms with van der Waals surface area (Å²) in [4.78, 5) is 22.8. The lowest BCUT2D eigenvalue weighted by atomic mass is 10.0. The zero-order valence-electron chi connectivity index (χ0n) is 16.9. The summed E-state index contributed by atoms with van der Waals surface area (Å²) in [5.41, 5.74) is 3.29. The molecule has 6 heteroatoms. The van der Waals surface area contributed by atoms with Gasteiger partial charge in [-0.3, -0.25) is 9.59 Å². The van der Waals surface area contributed by atoms with Gasteiger partial charge < -0.3 is 13.9 Å². The Bertz CT molecular complexity index is 1060. The second kappa shape index (κ2) is 8.70. The van der Waals surface area contributed by atoms with E-state index in [2.05, 4.69) is 6.92 Å². The van der Waals surface area contributed by atoms with Crippen LogP contribution in [-0.4, -0.2) is 11.9 Å². The minimum Gasteiger partial charge on any atom is -0.459 e. The average Bonchev–Trinajstić information content (AvgIpc) is 2.97. The van der Waals surface area contributed by atoms with Gasteiger partial charge in [0.1, 0.15) is 17.3 Å². The third kappa shape index (κ3) is 4.62. The Kier molecular flexibility index (Phi) is 6.28. The first-order valence-electron chi connectivity index (χ1n) is 9.49. The predicted octanol–water partition coefficient (Wildman–Crippen LogP) is 5.79. The van der Waals surface area contributed by atoms with Crippen molar-refractivity contribution < 1.29 is 23.5 Å². The molecule has 0 amide bonds.